The fourth-order valence-electron chi connectivity index (χ4n) is 2.47. The second kappa shape index (κ2) is 5.95. The lowest BCUT2D eigenvalue weighted by Gasteiger charge is -2.37. The maximum atomic E-state index is 6.24. The highest BCUT2D eigenvalue weighted by Crippen LogP contribution is 2.27. The summed E-state index contributed by atoms with van der Waals surface area (Å²) >= 11 is 12.2. The zero-order valence-corrected chi connectivity index (χ0v) is 12.8. The average Bonchev–Trinajstić information content (AvgIpc) is 2.47. The van der Waals surface area contributed by atoms with Crippen LogP contribution in [0.2, 0.25) is 10.2 Å². The third-order valence-corrected chi connectivity index (χ3v) is 4.01. The monoisotopic (exact) mass is 323 g/mol. The number of hydrogen-bond donors (Lipinski definition) is 1. The van der Waals surface area contributed by atoms with Crippen molar-refractivity contribution in [3.05, 3.63) is 40.5 Å². The molecule has 1 aromatic carbocycles. The van der Waals surface area contributed by atoms with Gasteiger partial charge in [0.25, 0.3) is 0 Å². The molecular weight excluding hydrogens is 309 g/mol. The summed E-state index contributed by atoms with van der Waals surface area (Å²) in [6.07, 6.45) is 0. The Labute approximate surface area is 133 Å². The summed E-state index contributed by atoms with van der Waals surface area (Å²) in [5, 5.41) is 1.14. The van der Waals surface area contributed by atoms with Crippen molar-refractivity contribution in [3.63, 3.8) is 0 Å². The highest BCUT2D eigenvalue weighted by atomic mass is 35.5. The molecule has 1 saturated heterocycles. The molecule has 2 N–H and O–H groups in total. The van der Waals surface area contributed by atoms with Gasteiger partial charge in [-0.3, -0.25) is 0 Å². The number of benzene rings is 1. The Morgan fingerprint density at radius 3 is 2.29 bits per heavy atom. The minimum absolute atomic E-state index is 0.200. The second-order valence-electron chi connectivity index (χ2n) is 4.83. The molecule has 0 aliphatic carbocycles. The van der Waals surface area contributed by atoms with Gasteiger partial charge in [0.05, 0.1) is 10.7 Å². The minimum atomic E-state index is 0.200. The third-order valence-electron chi connectivity index (χ3n) is 3.50. The minimum Gasteiger partial charge on any atom is -0.368 e. The van der Waals surface area contributed by atoms with Crippen LogP contribution in [0.5, 0.6) is 0 Å². The van der Waals surface area contributed by atoms with E-state index < -0.39 is 0 Å². The van der Waals surface area contributed by atoms with Gasteiger partial charge in [0.2, 0.25) is 5.95 Å². The first-order valence-corrected chi connectivity index (χ1v) is 7.43. The van der Waals surface area contributed by atoms with Crippen LogP contribution in [0.3, 0.4) is 0 Å². The van der Waals surface area contributed by atoms with Gasteiger partial charge in [-0.1, -0.05) is 35.3 Å². The average molecular weight is 324 g/mol. The number of aromatic nitrogens is 2. The quantitative estimate of drug-likeness (QED) is 0.861. The molecule has 0 unspecified atom stereocenters. The van der Waals surface area contributed by atoms with Gasteiger partial charge in [0.1, 0.15) is 11.0 Å². The topological polar surface area (TPSA) is 58.3 Å². The molecule has 2 aromatic rings. The molecule has 0 saturated carbocycles. The molecule has 0 spiro atoms. The SMILES string of the molecule is Nc1nc(Cl)cc(N2CCN(c3ccccc3Cl)CC2)n1. The maximum absolute atomic E-state index is 6.24. The number of anilines is 3. The van der Waals surface area contributed by atoms with Gasteiger partial charge < -0.3 is 15.5 Å². The van der Waals surface area contributed by atoms with Crippen LogP contribution in [0.15, 0.2) is 30.3 Å². The van der Waals surface area contributed by atoms with Crippen LogP contribution in [0.4, 0.5) is 17.5 Å². The van der Waals surface area contributed by atoms with Crippen LogP contribution in [0, 0.1) is 0 Å². The second-order valence-corrected chi connectivity index (χ2v) is 5.63. The van der Waals surface area contributed by atoms with E-state index >= 15 is 0 Å². The van der Waals surface area contributed by atoms with Crippen molar-refractivity contribution in [2.24, 2.45) is 0 Å². The summed E-state index contributed by atoms with van der Waals surface area (Å²) in [4.78, 5) is 12.5. The van der Waals surface area contributed by atoms with E-state index in [2.05, 4.69) is 19.8 Å². The molecule has 0 bridgehead atoms. The first-order chi connectivity index (χ1) is 10.1. The van der Waals surface area contributed by atoms with Gasteiger partial charge in [0.15, 0.2) is 0 Å². The van der Waals surface area contributed by atoms with E-state index in [1.165, 1.54) is 0 Å². The van der Waals surface area contributed by atoms with E-state index in [4.69, 9.17) is 28.9 Å². The van der Waals surface area contributed by atoms with E-state index in [1.807, 2.05) is 24.3 Å². The van der Waals surface area contributed by atoms with Gasteiger partial charge in [-0.05, 0) is 12.1 Å². The summed E-state index contributed by atoms with van der Waals surface area (Å²) in [6.45, 7) is 3.40. The van der Waals surface area contributed by atoms with Gasteiger partial charge in [-0.15, -0.1) is 0 Å². The molecule has 1 aromatic heterocycles. The maximum Gasteiger partial charge on any atom is 0.223 e. The summed E-state index contributed by atoms with van der Waals surface area (Å²) in [6, 6.07) is 9.63. The zero-order chi connectivity index (χ0) is 14.8. The van der Waals surface area contributed by atoms with Crippen molar-refractivity contribution in [2.75, 3.05) is 41.7 Å². The van der Waals surface area contributed by atoms with Crippen LogP contribution in [0.25, 0.3) is 0 Å². The van der Waals surface area contributed by atoms with E-state index in [0.717, 1.165) is 42.7 Å². The molecule has 110 valence electrons. The molecule has 2 heterocycles. The van der Waals surface area contributed by atoms with Crippen molar-refractivity contribution >= 4 is 40.7 Å². The largest absolute Gasteiger partial charge is 0.368 e. The Balaban J connectivity index is 1.72. The molecule has 1 aliphatic rings. The van der Waals surface area contributed by atoms with Crippen molar-refractivity contribution in [3.8, 4) is 0 Å². The zero-order valence-electron chi connectivity index (χ0n) is 11.3. The van der Waals surface area contributed by atoms with E-state index in [9.17, 15) is 0 Å². The Morgan fingerprint density at radius 1 is 0.952 bits per heavy atom. The van der Waals surface area contributed by atoms with Crippen LogP contribution >= 0.6 is 23.2 Å². The number of nitrogens with zero attached hydrogens (tertiary/aromatic N) is 4. The highest BCUT2D eigenvalue weighted by Gasteiger charge is 2.20. The van der Waals surface area contributed by atoms with Gasteiger partial charge >= 0.3 is 0 Å². The summed E-state index contributed by atoms with van der Waals surface area (Å²) in [5.41, 5.74) is 6.71. The number of halogens is 2. The highest BCUT2D eigenvalue weighted by molar-refractivity contribution is 6.33. The Hall–Kier alpha value is -1.72. The van der Waals surface area contributed by atoms with Gasteiger partial charge in [0, 0.05) is 32.2 Å². The van der Waals surface area contributed by atoms with E-state index in [-0.39, 0.29) is 5.95 Å². The molecule has 7 heteroatoms. The molecule has 1 fully saturated rings. The van der Waals surface area contributed by atoms with E-state index in [0.29, 0.717) is 5.15 Å². The third kappa shape index (κ3) is 3.14. The standard InChI is InChI=1S/C14H15Cl2N5/c15-10-3-1-2-4-11(10)20-5-7-21(8-6-20)13-9-12(16)18-14(17)19-13/h1-4,9H,5-8H2,(H2,17,18,19). The first-order valence-electron chi connectivity index (χ1n) is 6.68. The van der Waals surface area contributed by atoms with E-state index in [1.54, 1.807) is 6.07 Å². The fraction of sp³-hybridized carbons (Fsp3) is 0.286. The Morgan fingerprint density at radius 2 is 1.62 bits per heavy atom. The van der Waals surface area contributed by atoms with Crippen LogP contribution in [-0.2, 0) is 0 Å². The normalized spacial score (nSPS) is 15.3. The number of piperazine rings is 1. The molecule has 0 amide bonds. The van der Waals surface area contributed by atoms with Crippen molar-refractivity contribution in [1.82, 2.24) is 9.97 Å². The van der Waals surface area contributed by atoms with Crippen LogP contribution < -0.4 is 15.5 Å². The summed E-state index contributed by atoms with van der Waals surface area (Å²) in [5.74, 6) is 0.970. The molecule has 3 rings (SSSR count). The fourth-order valence-corrected chi connectivity index (χ4v) is 2.91. The number of hydrogen-bond acceptors (Lipinski definition) is 5. The lowest BCUT2D eigenvalue weighted by Crippen LogP contribution is -2.47. The number of para-hydroxylation sites is 1. The van der Waals surface area contributed by atoms with Crippen molar-refractivity contribution < 1.29 is 0 Å². The molecule has 21 heavy (non-hydrogen) atoms. The summed E-state index contributed by atoms with van der Waals surface area (Å²) < 4.78 is 0. The predicted molar refractivity (Wildman–Crippen MR) is 87.3 cm³/mol. The molecule has 0 atom stereocenters. The molecule has 0 radical (unpaired) electrons. The Bertz CT molecular complexity index is 621. The number of rotatable bonds is 2. The molecule has 5 nitrogen and oxygen atoms in total. The lowest BCUT2D eigenvalue weighted by atomic mass is 10.2. The Kier molecular flexibility index (Phi) is 4.03. The van der Waals surface area contributed by atoms with Crippen LogP contribution in [-0.4, -0.2) is 36.1 Å². The molecular formula is C14H15Cl2N5. The van der Waals surface area contributed by atoms with Gasteiger partial charge in [-0.2, -0.15) is 4.98 Å². The van der Waals surface area contributed by atoms with Crippen molar-refractivity contribution in [2.45, 2.75) is 0 Å². The number of nitrogen functional groups attached to an aromatic ring is 1. The summed E-state index contributed by atoms with van der Waals surface area (Å²) in [7, 11) is 0. The van der Waals surface area contributed by atoms with Crippen molar-refractivity contribution in [1.29, 1.82) is 0 Å². The van der Waals surface area contributed by atoms with Gasteiger partial charge in [-0.25, -0.2) is 4.98 Å². The van der Waals surface area contributed by atoms with Crippen LogP contribution in [0.1, 0.15) is 0 Å². The number of nitrogens with two attached hydrogens (primary N) is 1. The smallest absolute Gasteiger partial charge is 0.223 e. The molecule has 1 aliphatic heterocycles. The first kappa shape index (κ1) is 14.2. The predicted octanol–water partition coefficient (Wildman–Crippen LogP) is 2.69. The lowest BCUT2D eigenvalue weighted by molar-refractivity contribution is 0.647.